The van der Waals surface area contributed by atoms with Crippen molar-refractivity contribution in [2.45, 2.75) is 38.7 Å². The molecular weight excluding hydrogens is 338 g/mol. The Hall–Kier alpha value is -2.75. The van der Waals surface area contributed by atoms with Gasteiger partial charge < -0.3 is 4.90 Å². The van der Waals surface area contributed by atoms with E-state index in [0.717, 1.165) is 0 Å². The van der Waals surface area contributed by atoms with Crippen molar-refractivity contribution < 1.29 is 13.6 Å². The van der Waals surface area contributed by atoms with E-state index in [1.807, 2.05) is 20.0 Å². The number of carbonyl (C=O) groups is 1. The van der Waals surface area contributed by atoms with Gasteiger partial charge >= 0.3 is 0 Å². The van der Waals surface area contributed by atoms with E-state index in [4.69, 9.17) is 0 Å². The minimum absolute atomic E-state index is 0.0196. The summed E-state index contributed by atoms with van der Waals surface area (Å²) in [4.78, 5) is 14.4. The molecule has 136 valence electrons. The van der Waals surface area contributed by atoms with Gasteiger partial charge in [-0.15, -0.1) is 0 Å². The zero-order valence-corrected chi connectivity index (χ0v) is 14.7. The third-order valence-electron chi connectivity index (χ3n) is 4.57. The van der Waals surface area contributed by atoms with Gasteiger partial charge in [-0.3, -0.25) is 9.48 Å². The molecule has 1 saturated heterocycles. The molecule has 0 atom stereocenters. The number of nitriles is 1. The Labute approximate surface area is 150 Å². The smallest absolute Gasteiger partial charge is 0.254 e. The molecule has 2 heterocycles. The summed E-state index contributed by atoms with van der Waals surface area (Å²) < 4.78 is 28.5. The molecular formula is C19H20F2N4O. The van der Waals surface area contributed by atoms with E-state index in [-0.39, 0.29) is 37.9 Å². The van der Waals surface area contributed by atoms with Gasteiger partial charge in [0.15, 0.2) is 0 Å². The number of amides is 1. The number of carbonyl (C=O) groups excluding carboxylic acids is 1. The number of rotatable bonds is 3. The van der Waals surface area contributed by atoms with Crippen molar-refractivity contribution in [2.75, 3.05) is 13.1 Å². The maximum Gasteiger partial charge on any atom is 0.254 e. The lowest BCUT2D eigenvalue weighted by atomic mass is 9.99. The van der Waals surface area contributed by atoms with E-state index in [1.54, 1.807) is 28.9 Å². The second-order valence-electron chi connectivity index (χ2n) is 6.80. The number of benzene rings is 1. The van der Waals surface area contributed by atoms with E-state index < -0.39 is 5.92 Å². The van der Waals surface area contributed by atoms with Crippen LogP contribution in [0.15, 0.2) is 30.5 Å². The Morgan fingerprint density at radius 2 is 1.96 bits per heavy atom. The summed E-state index contributed by atoms with van der Waals surface area (Å²) in [6, 6.07) is 8.78. The van der Waals surface area contributed by atoms with E-state index in [9.17, 15) is 18.8 Å². The van der Waals surface area contributed by atoms with Crippen LogP contribution in [-0.4, -0.2) is 39.6 Å². The molecule has 0 radical (unpaired) electrons. The largest absolute Gasteiger partial charge is 0.338 e. The quantitative estimate of drug-likeness (QED) is 0.837. The lowest BCUT2D eigenvalue weighted by Crippen LogP contribution is -2.42. The molecule has 1 amide bonds. The maximum atomic E-state index is 13.4. The highest BCUT2D eigenvalue weighted by atomic mass is 19.3. The second-order valence-corrected chi connectivity index (χ2v) is 6.80. The number of hydrogen-bond donors (Lipinski definition) is 0. The van der Waals surface area contributed by atoms with E-state index in [0.29, 0.717) is 22.4 Å². The average molecular weight is 358 g/mol. The zero-order valence-electron chi connectivity index (χ0n) is 14.7. The fourth-order valence-corrected chi connectivity index (χ4v) is 2.99. The van der Waals surface area contributed by atoms with Crippen molar-refractivity contribution in [1.29, 1.82) is 5.26 Å². The van der Waals surface area contributed by atoms with Crippen molar-refractivity contribution in [1.82, 2.24) is 14.7 Å². The van der Waals surface area contributed by atoms with Gasteiger partial charge in [0.25, 0.3) is 11.8 Å². The minimum atomic E-state index is -2.71. The highest BCUT2D eigenvalue weighted by Gasteiger charge is 2.36. The Morgan fingerprint density at radius 1 is 1.27 bits per heavy atom. The van der Waals surface area contributed by atoms with E-state index >= 15 is 0 Å². The molecule has 0 saturated carbocycles. The number of nitrogens with zero attached hydrogens (tertiary/aromatic N) is 4. The summed E-state index contributed by atoms with van der Waals surface area (Å²) in [5.74, 6) is -3.01. The molecule has 7 heteroatoms. The Balaban J connectivity index is 1.96. The third kappa shape index (κ3) is 3.59. The van der Waals surface area contributed by atoms with Crippen LogP contribution in [0.3, 0.4) is 0 Å². The number of alkyl halides is 2. The van der Waals surface area contributed by atoms with E-state index in [2.05, 4.69) is 11.2 Å². The van der Waals surface area contributed by atoms with Crippen LogP contribution < -0.4 is 0 Å². The lowest BCUT2D eigenvalue weighted by Gasteiger charge is -2.32. The molecule has 1 aromatic carbocycles. The highest BCUT2D eigenvalue weighted by Crippen LogP contribution is 2.30. The highest BCUT2D eigenvalue weighted by molar-refractivity contribution is 6.00. The molecule has 26 heavy (non-hydrogen) atoms. The summed E-state index contributed by atoms with van der Waals surface area (Å²) >= 11 is 0. The molecule has 0 unspecified atom stereocenters. The fraction of sp³-hybridized carbons (Fsp3) is 0.421. The third-order valence-corrected chi connectivity index (χ3v) is 4.57. The molecule has 1 aliphatic rings. The van der Waals surface area contributed by atoms with Crippen LogP contribution in [0.4, 0.5) is 8.78 Å². The lowest BCUT2D eigenvalue weighted by molar-refractivity contribution is -0.0494. The Morgan fingerprint density at radius 3 is 2.54 bits per heavy atom. The molecule has 2 aromatic rings. The predicted molar refractivity (Wildman–Crippen MR) is 92.8 cm³/mol. The number of likely N-dealkylation sites (tertiary alicyclic amines) is 1. The average Bonchev–Trinajstić information content (AvgIpc) is 3.11. The molecule has 1 fully saturated rings. The van der Waals surface area contributed by atoms with Crippen LogP contribution in [0.25, 0.3) is 11.3 Å². The number of halogens is 2. The first-order valence-electron chi connectivity index (χ1n) is 8.57. The topological polar surface area (TPSA) is 61.9 Å². The van der Waals surface area contributed by atoms with Crippen LogP contribution in [0.2, 0.25) is 0 Å². The first-order chi connectivity index (χ1) is 12.3. The van der Waals surface area contributed by atoms with Crippen LogP contribution in [0, 0.1) is 11.3 Å². The van der Waals surface area contributed by atoms with Crippen molar-refractivity contribution in [3.8, 4) is 17.3 Å². The Bertz CT molecular complexity index is 857. The monoisotopic (exact) mass is 358 g/mol. The van der Waals surface area contributed by atoms with Crippen LogP contribution in [-0.2, 0) is 0 Å². The number of piperidine rings is 1. The van der Waals surface area contributed by atoms with Gasteiger partial charge in [0.05, 0.1) is 17.3 Å². The standard InChI is InChI=1S/C19H20F2N4O/c1-13(2)25-8-5-17(23-25)16-11-14(12-22)3-4-15(16)18(26)24-9-6-19(20,21)7-10-24/h3-5,8,11,13H,6-7,9-10H2,1-2H3. The first-order valence-corrected chi connectivity index (χ1v) is 8.57. The van der Waals surface area contributed by atoms with Crippen molar-refractivity contribution in [3.05, 3.63) is 41.6 Å². The van der Waals surface area contributed by atoms with Crippen molar-refractivity contribution in [3.63, 3.8) is 0 Å². The molecule has 3 rings (SSSR count). The molecule has 0 spiro atoms. The van der Waals surface area contributed by atoms with Gasteiger partial charge in [-0.25, -0.2) is 8.78 Å². The van der Waals surface area contributed by atoms with Crippen LogP contribution in [0.1, 0.15) is 48.7 Å². The van der Waals surface area contributed by atoms with E-state index in [1.165, 1.54) is 4.90 Å². The van der Waals surface area contributed by atoms with Gasteiger partial charge in [-0.1, -0.05) is 0 Å². The normalized spacial score (nSPS) is 16.5. The summed E-state index contributed by atoms with van der Waals surface area (Å²) in [6.45, 7) is 4.02. The minimum Gasteiger partial charge on any atom is -0.338 e. The number of aromatic nitrogens is 2. The van der Waals surface area contributed by atoms with Gasteiger partial charge in [-0.05, 0) is 38.1 Å². The summed E-state index contributed by atoms with van der Waals surface area (Å²) in [6.07, 6.45) is 1.16. The summed E-state index contributed by atoms with van der Waals surface area (Å²) in [7, 11) is 0. The van der Waals surface area contributed by atoms with Crippen LogP contribution in [0.5, 0.6) is 0 Å². The summed E-state index contributed by atoms with van der Waals surface area (Å²) in [5, 5.41) is 13.7. The molecule has 0 aliphatic carbocycles. The predicted octanol–water partition coefficient (Wildman–Crippen LogP) is 3.87. The second kappa shape index (κ2) is 6.87. The van der Waals surface area contributed by atoms with Crippen LogP contribution >= 0.6 is 0 Å². The van der Waals surface area contributed by atoms with Gasteiger partial charge in [0.2, 0.25) is 0 Å². The summed E-state index contributed by atoms with van der Waals surface area (Å²) in [5.41, 5.74) is 1.93. The van der Waals surface area contributed by atoms with Crippen molar-refractivity contribution >= 4 is 5.91 Å². The van der Waals surface area contributed by atoms with Gasteiger partial charge in [0, 0.05) is 49.3 Å². The zero-order chi connectivity index (χ0) is 18.9. The Kier molecular flexibility index (Phi) is 4.77. The first kappa shape index (κ1) is 18.1. The molecule has 0 bridgehead atoms. The SMILES string of the molecule is CC(C)n1ccc(-c2cc(C#N)ccc2C(=O)N2CCC(F)(F)CC2)n1. The van der Waals surface area contributed by atoms with Crippen molar-refractivity contribution in [2.24, 2.45) is 0 Å². The molecule has 1 aliphatic heterocycles. The van der Waals surface area contributed by atoms with Gasteiger partial charge in [-0.2, -0.15) is 10.4 Å². The molecule has 1 aromatic heterocycles. The number of hydrogen-bond acceptors (Lipinski definition) is 3. The molecule has 0 N–H and O–H groups in total. The fourth-order valence-electron chi connectivity index (χ4n) is 2.99. The van der Waals surface area contributed by atoms with Gasteiger partial charge in [0.1, 0.15) is 0 Å². The maximum absolute atomic E-state index is 13.4. The molecule has 5 nitrogen and oxygen atoms in total.